The maximum atomic E-state index is 12.8. The molecule has 23 heavy (non-hydrogen) atoms. The molecule has 0 bridgehead atoms. The predicted molar refractivity (Wildman–Crippen MR) is 92.4 cm³/mol. The van der Waals surface area contributed by atoms with Crippen molar-refractivity contribution in [3.8, 4) is 0 Å². The molecule has 1 amide bonds. The first kappa shape index (κ1) is 16.4. The van der Waals surface area contributed by atoms with E-state index in [0.29, 0.717) is 5.92 Å². The molecule has 0 unspecified atom stereocenters. The smallest absolute Gasteiger partial charge is 0.233 e. The van der Waals surface area contributed by atoms with Crippen LogP contribution in [0.3, 0.4) is 0 Å². The van der Waals surface area contributed by atoms with Crippen molar-refractivity contribution >= 4 is 27.5 Å². The van der Waals surface area contributed by atoms with Gasteiger partial charge in [-0.05, 0) is 37.3 Å². The highest BCUT2D eigenvalue weighted by molar-refractivity contribution is 7.18. The molecule has 5 nitrogen and oxygen atoms in total. The highest BCUT2D eigenvalue weighted by atomic mass is 32.1. The minimum absolute atomic E-state index is 0.0917. The minimum atomic E-state index is -0.346. The first-order chi connectivity index (χ1) is 11.2. The summed E-state index contributed by atoms with van der Waals surface area (Å²) in [6, 6.07) is 7.93. The standard InChI is InChI=1S/C17H23N3O2S/c18-11-13(16-19-14-3-1-2-4-15(14)23-16)17(22)20-8-5-12(6-9-20)7-10-21/h1-4,12-13,21H,5-11,18H2/t13-/m1/s1. The number of benzene rings is 1. The van der Waals surface area contributed by atoms with Crippen LogP contribution < -0.4 is 5.73 Å². The van der Waals surface area contributed by atoms with Gasteiger partial charge in [0, 0.05) is 26.2 Å². The Labute approximate surface area is 140 Å². The van der Waals surface area contributed by atoms with E-state index in [-0.39, 0.29) is 25.0 Å². The van der Waals surface area contributed by atoms with Gasteiger partial charge in [0.1, 0.15) is 10.9 Å². The van der Waals surface area contributed by atoms with Crippen LogP contribution in [0.25, 0.3) is 10.2 Å². The van der Waals surface area contributed by atoms with Crippen LogP contribution in [-0.4, -0.2) is 47.1 Å². The Hall–Kier alpha value is -1.50. The Kier molecular flexibility index (Phi) is 5.25. The number of para-hydroxylation sites is 1. The molecule has 1 aliphatic heterocycles. The van der Waals surface area contributed by atoms with Crippen LogP contribution in [0.5, 0.6) is 0 Å². The number of likely N-dealkylation sites (tertiary alicyclic amines) is 1. The summed E-state index contributed by atoms with van der Waals surface area (Å²) in [5, 5.41) is 9.85. The first-order valence-corrected chi connectivity index (χ1v) is 8.99. The van der Waals surface area contributed by atoms with E-state index in [4.69, 9.17) is 10.8 Å². The Balaban J connectivity index is 1.72. The summed E-state index contributed by atoms with van der Waals surface area (Å²) in [5.41, 5.74) is 6.83. The van der Waals surface area contributed by atoms with Crippen molar-refractivity contribution in [2.24, 2.45) is 11.7 Å². The van der Waals surface area contributed by atoms with Crippen molar-refractivity contribution in [2.75, 3.05) is 26.2 Å². The van der Waals surface area contributed by atoms with E-state index in [2.05, 4.69) is 4.98 Å². The number of hydrogen-bond acceptors (Lipinski definition) is 5. The summed E-state index contributed by atoms with van der Waals surface area (Å²) >= 11 is 1.56. The zero-order chi connectivity index (χ0) is 16.2. The largest absolute Gasteiger partial charge is 0.396 e. The van der Waals surface area contributed by atoms with Crippen LogP contribution >= 0.6 is 11.3 Å². The molecule has 2 aromatic rings. The number of hydrogen-bond donors (Lipinski definition) is 2. The summed E-state index contributed by atoms with van der Waals surface area (Å²) in [5.74, 6) is 0.277. The molecule has 1 aromatic carbocycles. The molecule has 1 fully saturated rings. The fraction of sp³-hybridized carbons (Fsp3) is 0.529. The van der Waals surface area contributed by atoms with Gasteiger partial charge >= 0.3 is 0 Å². The Morgan fingerprint density at radius 2 is 2.13 bits per heavy atom. The van der Waals surface area contributed by atoms with Crippen LogP contribution in [0.2, 0.25) is 0 Å². The number of nitrogens with two attached hydrogens (primary N) is 1. The maximum absolute atomic E-state index is 12.8. The van der Waals surface area contributed by atoms with Crippen molar-refractivity contribution < 1.29 is 9.90 Å². The van der Waals surface area contributed by atoms with Crippen molar-refractivity contribution in [1.29, 1.82) is 0 Å². The van der Waals surface area contributed by atoms with Gasteiger partial charge in [-0.2, -0.15) is 0 Å². The SMILES string of the molecule is NC[C@@H](C(=O)N1CCC(CCO)CC1)c1nc2ccccc2s1. The zero-order valence-electron chi connectivity index (χ0n) is 13.1. The highest BCUT2D eigenvalue weighted by Gasteiger charge is 2.30. The third-order valence-electron chi connectivity index (χ3n) is 4.61. The number of carbonyl (C=O) groups is 1. The molecular formula is C17H23N3O2S. The number of carbonyl (C=O) groups excluding carboxylic acids is 1. The number of rotatable bonds is 5. The molecule has 1 aliphatic rings. The zero-order valence-corrected chi connectivity index (χ0v) is 14.0. The summed E-state index contributed by atoms with van der Waals surface area (Å²) in [6.45, 7) is 2.03. The molecule has 124 valence electrons. The van der Waals surface area contributed by atoms with E-state index in [1.807, 2.05) is 29.2 Å². The van der Waals surface area contributed by atoms with Gasteiger partial charge < -0.3 is 15.7 Å². The van der Waals surface area contributed by atoms with Crippen molar-refractivity contribution in [3.05, 3.63) is 29.3 Å². The molecule has 1 atom stereocenters. The molecule has 0 aliphatic carbocycles. The predicted octanol–water partition coefficient (Wildman–Crippen LogP) is 1.96. The van der Waals surface area contributed by atoms with E-state index >= 15 is 0 Å². The third-order valence-corrected chi connectivity index (χ3v) is 5.76. The Morgan fingerprint density at radius 3 is 2.78 bits per heavy atom. The van der Waals surface area contributed by atoms with Crippen LogP contribution in [0.4, 0.5) is 0 Å². The van der Waals surface area contributed by atoms with E-state index in [1.54, 1.807) is 11.3 Å². The average molecular weight is 333 g/mol. The molecule has 6 heteroatoms. The molecule has 1 saturated heterocycles. The van der Waals surface area contributed by atoms with Gasteiger partial charge in [-0.1, -0.05) is 12.1 Å². The van der Waals surface area contributed by atoms with E-state index in [9.17, 15) is 4.79 Å². The third kappa shape index (κ3) is 3.54. The van der Waals surface area contributed by atoms with Gasteiger partial charge in [0.2, 0.25) is 5.91 Å². The molecule has 0 saturated carbocycles. The fourth-order valence-electron chi connectivity index (χ4n) is 3.19. The van der Waals surface area contributed by atoms with Crippen LogP contribution in [0.15, 0.2) is 24.3 Å². The monoisotopic (exact) mass is 333 g/mol. The molecule has 0 spiro atoms. The second-order valence-corrected chi connectivity index (χ2v) is 7.15. The molecule has 0 radical (unpaired) electrons. The Morgan fingerprint density at radius 1 is 1.39 bits per heavy atom. The lowest BCUT2D eigenvalue weighted by Gasteiger charge is -2.33. The number of aliphatic hydroxyl groups excluding tert-OH is 1. The fourth-order valence-corrected chi connectivity index (χ4v) is 4.26. The first-order valence-electron chi connectivity index (χ1n) is 8.18. The number of amides is 1. The maximum Gasteiger partial charge on any atom is 0.233 e. The highest BCUT2D eigenvalue weighted by Crippen LogP contribution is 2.29. The second kappa shape index (κ2) is 7.38. The number of piperidine rings is 1. The minimum Gasteiger partial charge on any atom is -0.396 e. The number of thiazole rings is 1. The van der Waals surface area contributed by atoms with Gasteiger partial charge in [-0.15, -0.1) is 11.3 Å². The summed E-state index contributed by atoms with van der Waals surface area (Å²) in [7, 11) is 0. The van der Waals surface area contributed by atoms with Crippen LogP contribution in [0, 0.1) is 5.92 Å². The van der Waals surface area contributed by atoms with Gasteiger partial charge in [0.05, 0.1) is 10.2 Å². The summed E-state index contributed by atoms with van der Waals surface area (Å²) < 4.78 is 1.09. The van der Waals surface area contributed by atoms with Crippen LogP contribution in [-0.2, 0) is 4.79 Å². The summed E-state index contributed by atoms with van der Waals surface area (Å²) in [6.07, 6.45) is 2.76. The number of nitrogens with zero attached hydrogens (tertiary/aromatic N) is 2. The quantitative estimate of drug-likeness (QED) is 0.876. The van der Waals surface area contributed by atoms with Crippen LogP contribution in [0.1, 0.15) is 30.2 Å². The summed E-state index contributed by atoms with van der Waals surface area (Å²) in [4.78, 5) is 19.4. The Bertz CT molecular complexity index is 632. The number of aliphatic hydroxyl groups is 1. The molecule has 1 aromatic heterocycles. The molecule has 3 rings (SSSR count). The van der Waals surface area contributed by atoms with E-state index in [0.717, 1.165) is 47.6 Å². The number of fused-ring (bicyclic) bond motifs is 1. The second-order valence-electron chi connectivity index (χ2n) is 6.09. The molecule has 3 N–H and O–H groups in total. The van der Waals surface area contributed by atoms with Gasteiger partial charge in [0.15, 0.2) is 0 Å². The van der Waals surface area contributed by atoms with Gasteiger partial charge in [-0.3, -0.25) is 4.79 Å². The lowest BCUT2D eigenvalue weighted by Crippen LogP contribution is -2.42. The van der Waals surface area contributed by atoms with Crippen molar-refractivity contribution in [1.82, 2.24) is 9.88 Å². The van der Waals surface area contributed by atoms with Crippen molar-refractivity contribution in [3.63, 3.8) is 0 Å². The topological polar surface area (TPSA) is 79.5 Å². The van der Waals surface area contributed by atoms with Gasteiger partial charge in [0.25, 0.3) is 0 Å². The van der Waals surface area contributed by atoms with Gasteiger partial charge in [-0.25, -0.2) is 4.98 Å². The normalized spacial score (nSPS) is 17.6. The molecule has 2 heterocycles. The van der Waals surface area contributed by atoms with E-state index < -0.39 is 0 Å². The van der Waals surface area contributed by atoms with Crippen molar-refractivity contribution in [2.45, 2.75) is 25.2 Å². The lowest BCUT2D eigenvalue weighted by atomic mass is 9.93. The van der Waals surface area contributed by atoms with E-state index in [1.165, 1.54) is 0 Å². The molecular weight excluding hydrogens is 310 g/mol. The average Bonchev–Trinajstić information content (AvgIpc) is 3.00. The lowest BCUT2D eigenvalue weighted by molar-refractivity contribution is -0.134. The number of aromatic nitrogens is 1.